The maximum absolute atomic E-state index is 12.9. The zero-order valence-corrected chi connectivity index (χ0v) is 19.2. The van der Waals surface area contributed by atoms with E-state index in [9.17, 15) is 14.4 Å². The summed E-state index contributed by atoms with van der Waals surface area (Å²) in [4.78, 5) is 41.5. The fraction of sp³-hybridized carbons (Fsp3) is 0.444. The lowest BCUT2D eigenvalue weighted by molar-refractivity contribution is -0.126. The fourth-order valence-corrected chi connectivity index (χ4v) is 6.98. The van der Waals surface area contributed by atoms with Gasteiger partial charge in [0.05, 0.1) is 5.52 Å². The molecule has 2 aromatic carbocycles. The van der Waals surface area contributed by atoms with Crippen LogP contribution in [-0.2, 0) is 4.79 Å². The highest BCUT2D eigenvalue weighted by Gasteiger charge is 2.51. The molecular weight excluding hydrogens is 430 g/mol. The van der Waals surface area contributed by atoms with Gasteiger partial charge in [0.2, 0.25) is 0 Å². The van der Waals surface area contributed by atoms with Gasteiger partial charge in [0.15, 0.2) is 11.5 Å². The van der Waals surface area contributed by atoms with Gasteiger partial charge in [0.1, 0.15) is 5.75 Å². The summed E-state index contributed by atoms with van der Waals surface area (Å²) in [5.74, 6) is 2.01. The first-order valence-corrected chi connectivity index (χ1v) is 12.2. The van der Waals surface area contributed by atoms with Crippen LogP contribution in [-0.4, -0.2) is 28.6 Å². The minimum Gasteiger partial charge on any atom is -0.481 e. The first-order valence-electron chi connectivity index (χ1n) is 12.2. The molecule has 3 N–H and O–H groups in total. The van der Waals surface area contributed by atoms with Gasteiger partial charge in [0, 0.05) is 21.8 Å². The van der Waals surface area contributed by atoms with E-state index >= 15 is 0 Å². The van der Waals surface area contributed by atoms with Crippen LogP contribution in [0, 0.1) is 17.8 Å². The van der Waals surface area contributed by atoms with Gasteiger partial charge in [-0.05, 0) is 93.5 Å². The average molecular weight is 460 g/mol. The lowest BCUT2D eigenvalue weighted by atomic mass is 9.53. The first kappa shape index (κ1) is 21.2. The highest BCUT2D eigenvalue weighted by Crippen LogP contribution is 2.55. The van der Waals surface area contributed by atoms with Gasteiger partial charge in [-0.15, -0.1) is 0 Å². The standard InChI is InChI=1S/C27H29N3O4/c1-15(25(32)29-26(33)30-27-12-16-8-17(13-27)10-18(9-16)14-27)34-19-6-7-23-21(11-19)24(31)20-4-2-3-5-22(20)28-23/h2-7,11,15-18H,8-10,12-14H2,1H3,(H,28,31)(H2,29,30,32,33). The number of aromatic amines is 1. The Morgan fingerprint density at radius 3 is 2.32 bits per heavy atom. The maximum atomic E-state index is 12.9. The second-order valence-corrected chi connectivity index (χ2v) is 10.6. The molecule has 4 fully saturated rings. The Morgan fingerprint density at radius 1 is 0.971 bits per heavy atom. The summed E-state index contributed by atoms with van der Waals surface area (Å²) in [6, 6.07) is 12.0. The summed E-state index contributed by atoms with van der Waals surface area (Å²) in [7, 11) is 0. The normalized spacial score (nSPS) is 28.1. The number of aromatic nitrogens is 1. The van der Waals surface area contributed by atoms with Crippen LogP contribution in [0.2, 0.25) is 0 Å². The third kappa shape index (κ3) is 3.73. The van der Waals surface area contributed by atoms with E-state index in [1.165, 1.54) is 19.3 Å². The Balaban J connectivity index is 1.13. The van der Waals surface area contributed by atoms with Crippen molar-refractivity contribution in [1.82, 2.24) is 15.6 Å². The van der Waals surface area contributed by atoms with Gasteiger partial charge in [-0.1, -0.05) is 12.1 Å². The average Bonchev–Trinajstić information content (AvgIpc) is 2.78. The van der Waals surface area contributed by atoms with Crippen LogP contribution in [0.4, 0.5) is 4.79 Å². The number of para-hydroxylation sites is 1. The zero-order chi connectivity index (χ0) is 23.4. The topological polar surface area (TPSA) is 100 Å². The van der Waals surface area contributed by atoms with E-state index in [4.69, 9.17) is 4.74 Å². The largest absolute Gasteiger partial charge is 0.481 e. The number of ether oxygens (including phenoxy) is 1. The minimum atomic E-state index is -0.890. The molecule has 4 bridgehead atoms. The third-order valence-corrected chi connectivity index (χ3v) is 8.01. The number of urea groups is 1. The number of fused-ring (bicyclic) bond motifs is 2. The van der Waals surface area contributed by atoms with E-state index in [0.29, 0.717) is 39.8 Å². The molecule has 0 saturated heterocycles. The molecule has 0 spiro atoms. The van der Waals surface area contributed by atoms with Crippen molar-refractivity contribution >= 4 is 33.7 Å². The van der Waals surface area contributed by atoms with E-state index in [2.05, 4.69) is 15.6 Å². The van der Waals surface area contributed by atoms with Crippen LogP contribution in [0.25, 0.3) is 21.8 Å². The van der Waals surface area contributed by atoms with Gasteiger partial charge in [-0.3, -0.25) is 14.9 Å². The number of hydrogen-bond acceptors (Lipinski definition) is 4. The Morgan fingerprint density at radius 2 is 1.62 bits per heavy atom. The van der Waals surface area contributed by atoms with Crippen molar-refractivity contribution in [3.63, 3.8) is 0 Å². The number of amides is 3. The number of pyridine rings is 1. The van der Waals surface area contributed by atoms with E-state index < -0.39 is 18.0 Å². The molecule has 1 unspecified atom stereocenters. The summed E-state index contributed by atoms with van der Waals surface area (Å²) in [6.45, 7) is 1.60. The molecule has 3 aromatic rings. The van der Waals surface area contributed by atoms with Gasteiger partial charge in [-0.2, -0.15) is 0 Å². The number of carbonyl (C=O) groups excluding carboxylic acids is 2. The predicted molar refractivity (Wildman–Crippen MR) is 130 cm³/mol. The number of imide groups is 1. The Kier molecular flexibility index (Phi) is 4.90. The second-order valence-electron chi connectivity index (χ2n) is 10.6. The second kappa shape index (κ2) is 7.86. The molecule has 4 aliphatic carbocycles. The molecule has 1 atom stereocenters. The number of nitrogens with one attached hydrogen (secondary N) is 3. The molecule has 0 radical (unpaired) electrons. The summed E-state index contributed by atoms with van der Waals surface area (Å²) in [5, 5.41) is 6.70. The van der Waals surface area contributed by atoms with Crippen molar-refractivity contribution < 1.29 is 14.3 Å². The number of H-pyrrole nitrogens is 1. The smallest absolute Gasteiger partial charge is 0.321 e. The van der Waals surface area contributed by atoms with E-state index in [0.717, 1.165) is 24.8 Å². The maximum Gasteiger partial charge on any atom is 0.321 e. The summed E-state index contributed by atoms with van der Waals surface area (Å²) in [5.41, 5.74) is 1.21. The SMILES string of the molecule is CC(Oc1ccc2[nH]c3ccccc3c(=O)c2c1)C(=O)NC(=O)NC12CC3CC(CC(C3)C1)C2. The number of hydrogen-bond donors (Lipinski definition) is 3. The molecule has 7 rings (SSSR count). The molecular formula is C27H29N3O4. The van der Waals surface area contributed by atoms with Crippen molar-refractivity contribution in [2.24, 2.45) is 17.8 Å². The minimum absolute atomic E-state index is 0.0955. The third-order valence-electron chi connectivity index (χ3n) is 8.01. The molecule has 1 aromatic heterocycles. The molecule has 0 aliphatic heterocycles. The first-order chi connectivity index (χ1) is 16.4. The molecule has 34 heavy (non-hydrogen) atoms. The monoisotopic (exact) mass is 459 g/mol. The summed E-state index contributed by atoms with van der Waals surface area (Å²) < 4.78 is 5.80. The van der Waals surface area contributed by atoms with Crippen molar-refractivity contribution in [3.8, 4) is 5.75 Å². The van der Waals surface area contributed by atoms with Crippen molar-refractivity contribution in [2.75, 3.05) is 0 Å². The molecule has 1 heterocycles. The molecule has 7 heteroatoms. The van der Waals surface area contributed by atoms with Crippen LogP contribution in [0.15, 0.2) is 47.3 Å². The van der Waals surface area contributed by atoms with Crippen molar-refractivity contribution in [3.05, 3.63) is 52.7 Å². The van der Waals surface area contributed by atoms with Crippen LogP contribution >= 0.6 is 0 Å². The lowest BCUT2D eigenvalue weighted by Gasteiger charge is -2.56. The van der Waals surface area contributed by atoms with Crippen LogP contribution < -0.4 is 20.8 Å². The zero-order valence-electron chi connectivity index (χ0n) is 19.2. The fourth-order valence-electron chi connectivity index (χ4n) is 6.98. The highest BCUT2D eigenvalue weighted by atomic mass is 16.5. The van der Waals surface area contributed by atoms with E-state index in [1.807, 2.05) is 18.2 Å². The lowest BCUT2D eigenvalue weighted by Crippen LogP contribution is -2.62. The quantitative estimate of drug-likeness (QED) is 0.508. The highest BCUT2D eigenvalue weighted by molar-refractivity contribution is 5.97. The van der Waals surface area contributed by atoms with Gasteiger partial charge in [-0.25, -0.2) is 4.79 Å². The number of rotatable bonds is 4. The molecule has 4 aliphatic rings. The van der Waals surface area contributed by atoms with Crippen LogP contribution in [0.3, 0.4) is 0 Å². The number of carbonyl (C=O) groups is 2. The molecule has 3 amide bonds. The Hall–Kier alpha value is -3.35. The van der Waals surface area contributed by atoms with E-state index in [1.54, 1.807) is 31.2 Å². The molecule has 176 valence electrons. The summed E-state index contributed by atoms with van der Waals surface area (Å²) in [6.07, 6.45) is 6.04. The number of benzene rings is 2. The predicted octanol–water partition coefficient (Wildman–Crippen LogP) is 4.24. The van der Waals surface area contributed by atoms with Crippen molar-refractivity contribution in [2.45, 2.75) is 57.1 Å². The molecule has 7 nitrogen and oxygen atoms in total. The van der Waals surface area contributed by atoms with Crippen LogP contribution in [0.1, 0.15) is 45.4 Å². The molecule has 4 saturated carbocycles. The Bertz CT molecular complexity index is 1330. The van der Waals surface area contributed by atoms with Gasteiger partial charge < -0.3 is 15.0 Å². The summed E-state index contributed by atoms with van der Waals surface area (Å²) >= 11 is 0. The van der Waals surface area contributed by atoms with E-state index in [-0.39, 0.29) is 11.0 Å². The van der Waals surface area contributed by atoms with Gasteiger partial charge in [0.25, 0.3) is 5.91 Å². The van der Waals surface area contributed by atoms with Crippen molar-refractivity contribution in [1.29, 1.82) is 0 Å². The van der Waals surface area contributed by atoms with Crippen LogP contribution in [0.5, 0.6) is 5.75 Å². The Labute approximate surface area is 197 Å². The van der Waals surface area contributed by atoms with Gasteiger partial charge >= 0.3 is 6.03 Å².